The van der Waals surface area contributed by atoms with Crippen LogP contribution in [0.25, 0.3) is 0 Å². The number of amides is 2. The molecule has 3 aliphatic heterocycles. The number of nitrogen functional groups attached to an aromatic ring is 1. The lowest BCUT2D eigenvalue weighted by atomic mass is 9.48. The quantitative estimate of drug-likeness (QED) is 0.460. The molecular formula is C27H29N3O5. The molecule has 3 heterocycles. The molecule has 0 aromatic heterocycles. The van der Waals surface area contributed by atoms with Gasteiger partial charge in [-0.15, -0.1) is 0 Å². The first kappa shape index (κ1) is 21.2. The van der Waals surface area contributed by atoms with Crippen LogP contribution >= 0.6 is 0 Å². The molecule has 0 unspecified atom stereocenters. The molecule has 1 spiro atoms. The first-order chi connectivity index (χ1) is 16.8. The molecule has 182 valence electrons. The molecular weight excluding hydrogens is 446 g/mol. The number of aliphatic hydroxyl groups is 1. The predicted octanol–water partition coefficient (Wildman–Crippen LogP) is 2.20. The molecule has 2 fully saturated rings. The van der Waals surface area contributed by atoms with Crippen molar-refractivity contribution in [3.63, 3.8) is 0 Å². The number of nitrogens with zero attached hydrogens (tertiary/aromatic N) is 2. The van der Waals surface area contributed by atoms with Crippen molar-refractivity contribution in [2.45, 2.75) is 68.2 Å². The van der Waals surface area contributed by atoms with Crippen LogP contribution in [0.2, 0.25) is 0 Å². The van der Waals surface area contributed by atoms with Crippen LogP contribution in [0, 0.1) is 0 Å². The van der Waals surface area contributed by atoms with E-state index < -0.39 is 29.1 Å². The summed E-state index contributed by atoms with van der Waals surface area (Å²) in [4.78, 5) is 30.8. The van der Waals surface area contributed by atoms with E-state index in [-0.39, 0.29) is 28.9 Å². The Bertz CT molecular complexity index is 1310. The van der Waals surface area contributed by atoms with E-state index in [2.05, 4.69) is 11.8 Å². The van der Waals surface area contributed by atoms with Crippen molar-refractivity contribution < 1.29 is 24.5 Å². The van der Waals surface area contributed by atoms with Gasteiger partial charge in [0.2, 0.25) is 0 Å². The Kier molecular flexibility index (Phi) is 4.10. The first-order valence-electron chi connectivity index (χ1n) is 12.6. The lowest BCUT2D eigenvalue weighted by Crippen LogP contribution is -2.78. The molecule has 2 amide bonds. The number of fused-ring (bicyclic) bond motifs is 1. The second-order valence-electron chi connectivity index (χ2n) is 10.7. The van der Waals surface area contributed by atoms with E-state index in [4.69, 9.17) is 10.5 Å². The van der Waals surface area contributed by atoms with Gasteiger partial charge in [0.25, 0.3) is 11.8 Å². The van der Waals surface area contributed by atoms with E-state index in [1.165, 1.54) is 4.90 Å². The predicted molar refractivity (Wildman–Crippen MR) is 128 cm³/mol. The van der Waals surface area contributed by atoms with Crippen LogP contribution in [0.1, 0.15) is 64.4 Å². The molecule has 2 aliphatic carbocycles. The number of likely N-dealkylation sites (tertiary alicyclic amines) is 1. The third-order valence-corrected chi connectivity index (χ3v) is 9.36. The molecule has 5 aliphatic rings. The minimum absolute atomic E-state index is 0.0367. The van der Waals surface area contributed by atoms with Crippen molar-refractivity contribution in [3.8, 4) is 11.5 Å². The molecule has 35 heavy (non-hydrogen) atoms. The summed E-state index contributed by atoms with van der Waals surface area (Å²) in [6, 6.07) is 7.90. The average Bonchev–Trinajstić information content (AvgIpc) is 3.31. The Balaban J connectivity index is 1.39. The topological polar surface area (TPSA) is 116 Å². The zero-order valence-corrected chi connectivity index (χ0v) is 19.7. The minimum Gasteiger partial charge on any atom is -0.504 e. The summed E-state index contributed by atoms with van der Waals surface area (Å²) in [6.07, 6.45) is 2.54. The number of hydrogen-bond donors (Lipinski definition) is 3. The second kappa shape index (κ2) is 6.77. The number of nitrogens with two attached hydrogens (primary N) is 1. The summed E-state index contributed by atoms with van der Waals surface area (Å²) in [5.74, 6) is -0.343. The number of carbonyl (C=O) groups excluding carboxylic acids is 2. The largest absolute Gasteiger partial charge is 0.504 e. The molecule has 1 saturated carbocycles. The number of phenolic OH excluding ortho intramolecular Hbond substituents is 1. The van der Waals surface area contributed by atoms with Gasteiger partial charge in [-0.2, -0.15) is 0 Å². The van der Waals surface area contributed by atoms with Crippen LogP contribution in [0.15, 0.2) is 30.3 Å². The number of aromatic hydroxyl groups is 1. The lowest BCUT2D eigenvalue weighted by molar-refractivity contribution is -0.195. The van der Waals surface area contributed by atoms with Crippen molar-refractivity contribution >= 4 is 17.5 Å². The zero-order chi connectivity index (χ0) is 24.3. The number of hydrogen-bond acceptors (Lipinski definition) is 7. The summed E-state index contributed by atoms with van der Waals surface area (Å²) in [7, 11) is 0. The van der Waals surface area contributed by atoms with Crippen molar-refractivity contribution in [3.05, 3.63) is 52.6 Å². The van der Waals surface area contributed by atoms with Gasteiger partial charge in [0.15, 0.2) is 11.5 Å². The monoisotopic (exact) mass is 475 g/mol. The Labute approximate surface area is 203 Å². The number of benzene rings is 2. The number of carbonyl (C=O) groups is 2. The van der Waals surface area contributed by atoms with Crippen LogP contribution in [-0.2, 0) is 11.8 Å². The van der Waals surface area contributed by atoms with Crippen LogP contribution < -0.4 is 10.5 Å². The average molecular weight is 476 g/mol. The number of anilines is 1. The smallest absolute Gasteiger partial charge is 0.264 e. The molecule has 8 nitrogen and oxygen atoms in total. The normalized spacial score (nSPS) is 34.6. The molecule has 2 bridgehead atoms. The highest BCUT2D eigenvalue weighted by Crippen LogP contribution is 2.66. The highest BCUT2D eigenvalue weighted by atomic mass is 16.5. The van der Waals surface area contributed by atoms with Gasteiger partial charge in [0.05, 0.1) is 28.2 Å². The number of ether oxygens (including phenoxy) is 1. The van der Waals surface area contributed by atoms with E-state index >= 15 is 0 Å². The number of piperidine rings is 1. The van der Waals surface area contributed by atoms with Gasteiger partial charge in [0, 0.05) is 17.3 Å². The standard InChI is InChI=1S/C27H29N3O5/c1-2-11-29-12-10-26-21-14-6-7-18(31)22(21)35-23(26)17(8-9-27(26,34)19(29)13-14)30-24(32)15-4-3-5-16(28)20(15)25(30)33/h3-7,17,19,23,31,34H,2,8-13,28H2,1H3/t17-,19-,23+,26+,27-/m1/s1. The van der Waals surface area contributed by atoms with E-state index in [1.807, 2.05) is 6.07 Å². The molecule has 1 saturated heterocycles. The van der Waals surface area contributed by atoms with Crippen molar-refractivity contribution in [2.24, 2.45) is 0 Å². The fourth-order valence-corrected chi connectivity index (χ4v) is 8.05. The van der Waals surface area contributed by atoms with Gasteiger partial charge in [-0.3, -0.25) is 19.4 Å². The maximum atomic E-state index is 13.6. The molecule has 2 aromatic rings. The Morgan fingerprint density at radius 3 is 2.77 bits per heavy atom. The van der Waals surface area contributed by atoms with E-state index in [9.17, 15) is 19.8 Å². The van der Waals surface area contributed by atoms with Gasteiger partial charge in [-0.1, -0.05) is 19.1 Å². The summed E-state index contributed by atoms with van der Waals surface area (Å²) in [5, 5.41) is 23.3. The molecule has 2 aromatic carbocycles. The molecule has 8 heteroatoms. The van der Waals surface area contributed by atoms with Gasteiger partial charge < -0.3 is 20.7 Å². The van der Waals surface area contributed by atoms with Gasteiger partial charge in [-0.05, 0) is 69.0 Å². The Hall–Kier alpha value is -3.10. The van der Waals surface area contributed by atoms with Crippen LogP contribution in [-0.4, -0.2) is 68.7 Å². The maximum absolute atomic E-state index is 13.6. The van der Waals surface area contributed by atoms with Gasteiger partial charge in [-0.25, -0.2) is 0 Å². The third kappa shape index (κ3) is 2.30. The van der Waals surface area contributed by atoms with E-state index in [1.54, 1.807) is 24.3 Å². The summed E-state index contributed by atoms with van der Waals surface area (Å²) in [6.45, 7) is 3.83. The van der Waals surface area contributed by atoms with Crippen molar-refractivity contribution in [1.82, 2.24) is 9.80 Å². The molecule has 7 rings (SSSR count). The Morgan fingerprint density at radius 2 is 2.00 bits per heavy atom. The second-order valence-corrected chi connectivity index (χ2v) is 10.7. The van der Waals surface area contributed by atoms with E-state index in [0.717, 1.165) is 30.6 Å². The number of phenols is 1. The van der Waals surface area contributed by atoms with Crippen molar-refractivity contribution in [2.75, 3.05) is 18.8 Å². The summed E-state index contributed by atoms with van der Waals surface area (Å²) >= 11 is 0. The fourth-order valence-electron chi connectivity index (χ4n) is 8.05. The first-order valence-corrected chi connectivity index (χ1v) is 12.6. The maximum Gasteiger partial charge on any atom is 0.264 e. The van der Waals surface area contributed by atoms with Crippen LogP contribution in [0.3, 0.4) is 0 Å². The fraction of sp³-hybridized carbons (Fsp3) is 0.481. The zero-order valence-electron chi connectivity index (χ0n) is 19.7. The van der Waals surface area contributed by atoms with Crippen LogP contribution in [0.5, 0.6) is 11.5 Å². The molecule has 5 atom stereocenters. The van der Waals surface area contributed by atoms with Gasteiger partial charge in [0.1, 0.15) is 6.10 Å². The van der Waals surface area contributed by atoms with E-state index in [0.29, 0.717) is 37.0 Å². The summed E-state index contributed by atoms with van der Waals surface area (Å²) in [5.41, 5.74) is 7.01. The van der Waals surface area contributed by atoms with Crippen molar-refractivity contribution in [1.29, 1.82) is 0 Å². The minimum atomic E-state index is -1.08. The highest BCUT2D eigenvalue weighted by Gasteiger charge is 2.74. The number of rotatable bonds is 3. The summed E-state index contributed by atoms with van der Waals surface area (Å²) < 4.78 is 6.51. The third-order valence-electron chi connectivity index (χ3n) is 9.36. The van der Waals surface area contributed by atoms with Gasteiger partial charge >= 0.3 is 0 Å². The highest BCUT2D eigenvalue weighted by molar-refractivity contribution is 6.23. The number of imide groups is 1. The molecule has 0 radical (unpaired) electrons. The van der Waals surface area contributed by atoms with Crippen LogP contribution in [0.4, 0.5) is 5.69 Å². The molecule has 4 N–H and O–H groups in total. The Morgan fingerprint density at radius 1 is 1.17 bits per heavy atom. The SMILES string of the molecule is CCCN1CC[C@]23c4c5ccc(O)c4O[C@H]2[C@H](N2C(=O)c4cccc(N)c4C2=O)CC[C@@]3(O)[C@H]1C5. The lowest BCUT2D eigenvalue weighted by Gasteiger charge is -2.64.